The van der Waals surface area contributed by atoms with E-state index < -0.39 is 9.84 Å². The topological polar surface area (TPSA) is 63.4 Å². The van der Waals surface area contributed by atoms with Crippen LogP contribution in [0.15, 0.2) is 24.3 Å². The number of sulfone groups is 1. The highest BCUT2D eigenvalue weighted by molar-refractivity contribution is 7.91. The summed E-state index contributed by atoms with van der Waals surface area (Å²) in [5.41, 5.74) is 7.68. The SMILES string of the molecule is CN(CC(C)(C)c1ccc(N)cc1)C1CCS(=O)(=O)C1. The molecule has 0 amide bonds. The normalized spacial score (nSPS) is 22.3. The van der Waals surface area contributed by atoms with Crippen molar-refractivity contribution in [3.8, 4) is 0 Å². The van der Waals surface area contributed by atoms with Gasteiger partial charge in [0.2, 0.25) is 0 Å². The number of benzene rings is 1. The fourth-order valence-electron chi connectivity index (χ4n) is 2.90. The third-order valence-corrected chi connectivity index (χ3v) is 5.92. The number of rotatable bonds is 4. The van der Waals surface area contributed by atoms with Crippen LogP contribution in [0.5, 0.6) is 0 Å². The van der Waals surface area contributed by atoms with Gasteiger partial charge in [-0.1, -0.05) is 26.0 Å². The number of hydrogen-bond donors (Lipinski definition) is 1. The lowest BCUT2D eigenvalue weighted by molar-refractivity contribution is 0.214. The van der Waals surface area contributed by atoms with Crippen molar-refractivity contribution in [2.24, 2.45) is 0 Å². The fourth-order valence-corrected chi connectivity index (χ4v) is 4.71. The highest BCUT2D eigenvalue weighted by Crippen LogP contribution is 2.27. The van der Waals surface area contributed by atoms with Gasteiger partial charge in [-0.2, -0.15) is 0 Å². The van der Waals surface area contributed by atoms with E-state index in [4.69, 9.17) is 5.73 Å². The molecule has 1 aliphatic rings. The van der Waals surface area contributed by atoms with Crippen molar-refractivity contribution in [3.63, 3.8) is 0 Å². The average molecular weight is 296 g/mol. The molecule has 4 nitrogen and oxygen atoms in total. The second-order valence-electron chi connectivity index (χ2n) is 6.48. The zero-order valence-electron chi connectivity index (χ0n) is 12.5. The van der Waals surface area contributed by atoms with Gasteiger partial charge in [0.1, 0.15) is 0 Å². The van der Waals surface area contributed by atoms with Gasteiger partial charge >= 0.3 is 0 Å². The summed E-state index contributed by atoms with van der Waals surface area (Å²) in [5.74, 6) is 0.617. The molecular weight excluding hydrogens is 272 g/mol. The maximum atomic E-state index is 11.6. The minimum absolute atomic E-state index is 0.0329. The smallest absolute Gasteiger partial charge is 0.151 e. The van der Waals surface area contributed by atoms with E-state index >= 15 is 0 Å². The lowest BCUT2D eigenvalue weighted by Crippen LogP contribution is -2.41. The van der Waals surface area contributed by atoms with E-state index in [1.807, 2.05) is 19.2 Å². The molecule has 1 aliphatic heterocycles. The van der Waals surface area contributed by atoms with Crippen LogP contribution < -0.4 is 5.73 Å². The van der Waals surface area contributed by atoms with Crippen molar-refractivity contribution >= 4 is 15.5 Å². The summed E-state index contributed by atoms with van der Waals surface area (Å²) in [7, 11) is -0.806. The van der Waals surface area contributed by atoms with Crippen LogP contribution in [0, 0.1) is 0 Å². The number of anilines is 1. The molecule has 0 aromatic heterocycles. The molecular formula is C15H24N2O2S. The Hall–Kier alpha value is -1.07. The van der Waals surface area contributed by atoms with Crippen LogP contribution in [0.3, 0.4) is 0 Å². The summed E-state index contributed by atoms with van der Waals surface area (Å²) in [4.78, 5) is 2.18. The second kappa shape index (κ2) is 5.37. The van der Waals surface area contributed by atoms with Crippen molar-refractivity contribution in [1.82, 2.24) is 4.90 Å². The molecule has 2 rings (SSSR count). The Morgan fingerprint density at radius 3 is 2.40 bits per heavy atom. The standard InChI is InChI=1S/C15H24N2O2S/c1-15(2,12-4-6-13(16)7-5-12)11-17(3)14-8-9-20(18,19)10-14/h4-7,14H,8-11,16H2,1-3H3. The van der Waals surface area contributed by atoms with Crippen LogP contribution in [0.25, 0.3) is 0 Å². The van der Waals surface area contributed by atoms with Gasteiger partial charge in [-0.25, -0.2) is 8.42 Å². The Kier molecular flexibility index (Phi) is 4.12. The van der Waals surface area contributed by atoms with Crippen LogP contribution in [-0.4, -0.2) is 44.5 Å². The lowest BCUT2D eigenvalue weighted by atomic mass is 9.84. The van der Waals surface area contributed by atoms with Crippen LogP contribution in [0.2, 0.25) is 0 Å². The van der Waals surface area contributed by atoms with Crippen molar-refractivity contribution in [3.05, 3.63) is 29.8 Å². The number of nitrogens with zero attached hydrogens (tertiary/aromatic N) is 1. The van der Waals surface area contributed by atoms with E-state index in [-0.39, 0.29) is 11.5 Å². The molecule has 1 aromatic carbocycles. The van der Waals surface area contributed by atoms with Crippen LogP contribution in [-0.2, 0) is 15.3 Å². The maximum Gasteiger partial charge on any atom is 0.151 e. The van der Waals surface area contributed by atoms with Gasteiger partial charge < -0.3 is 10.6 Å². The molecule has 1 fully saturated rings. The van der Waals surface area contributed by atoms with Gasteiger partial charge in [-0.15, -0.1) is 0 Å². The predicted molar refractivity (Wildman–Crippen MR) is 83.6 cm³/mol. The Balaban J connectivity index is 2.06. The zero-order valence-corrected chi connectivity index (χ0v) is 13.3. The fraction of sp³-hybridized carbons (Fsp3) is 0.600. The summed E-state index contributed by atoms with van der Waals surface area (Å²) in [6.45, 7) is 5.19. The molecule has 0 aliphatic carbocycles. The predicted octanol–water partition coefficient (Wildman–Crippen LogP) is 1.67. The second-order valence-corrected chi connectivity index (χ2v) is 8.71. The highest BCUT2D eigenvalue weighted by Gasteiger charge is 2.33. The third-order valence-electron chi connectivity index (χ3n) is 4.17. The first kappa shape index (κ1) is 15.3. The molecule has 0 bridgehead atoms. The number of likely N-dealkylation sites (N-methyl/N-ethyl adjacent to an activating group) is 1. The molecule has 1 saturated heterocycles. The first-order valence-corrected chi connectivity index (χ1v) is 8.78. The zero-order chi connectivity index (χ0) is 15.0. The van der Waals surface area contributed by atoms with Crippen molar-refractivity contribution in [1.29, 1.82) is 0 Å². The largest absolute Gasteiger partial charge is 0.399 e. The summed E-state index contributed by atoms with van der Waals surface area (Å²) in [6.07, 6.45) is 0.747. The average Bonchev–Trinajstić information content (AvgIpc) is 2.70. The lowest BCUT2D eigenvalue weighted by Gasteiger charge is -2.33. The third kappa shape index (κ3) is 3.52. The Morgan fingerprint density at radius 1 is 1.30 bits per heavy atom. The van der Waals surface area contributed by atoms with E-state index in [0.29, 0.717) is 11.5 Å². The first-order valence-electron chi connectivity index (χ1n) is 6.96. The van der Waals surface area contributed by atoms with Crippen molar-refractivity contribution in [2.45, 2.75) is 31.7 Å². The summed E-state index contributed by atoms with van der Waals surface area (Å²) >= 11 is 0. The summed E-state index contributed by atoms with van der Waals surface area (Å²) < 4.78 is 23.2. The molecule has 0 saturated carbocycles. The quantitative estimate of drug-likeness (QED) is 0.858. The monoisotopic (exact) mass is 296 g/mol. The molecule has 20 heavy (non-hydrogen) atoms. The van der Waals surface area contributed by atoms with E-state index in [0.717, 1.165) is 18.7 Å². The van der Waals surface area contributed by atoms with E-state index in [9.17, 15) is 8.42 Å². The van der Waals surface area contributed by atoms with Gasteiger partial charge in [-0.05, 0) is 31.2 Å². The molecule has 0 radical (unpaired) electrons. The Morgan fingerprint density at radius 2 is 1.90 bits per heavy atom. The van der Waals surface area contributed by atoms with Crippen LogP contribution in [0.4, 0.5) is 5.69 Å². The van der Waals surface area contributed by atoms with Gasteiger partial charge in [0.15, 0.2) is 9.84 Å². The van der Waals surface area contributed by atoms with E-state index in [2.05, 4.69) is 30.9 Å². The van der Waals surface area contributed by atoms with Crippen molar-refractivity contribution in [2.75, 3.05) is 30.8 Å². The molecule has 5 heteroatoms. The Labute approximate surface area is 121 Å². The van der Waals surface area contributed by atoms with Gasteiger partial charge in [0.05, 0.1) is 11.5 Å². The molecule has 1 unspecified atom stereocenters. The molecule has 0 spiro atoms. The maximum absolute atomic E-state index is 11.6. The number of hydrogen-bond acceptors (Lipinski definition) is 4. The molecule has 1 heterocycles. The number of nitrogens with two attached hydrogens (primary N) is 1. The van der Waals surface area contributed by atoms with Crippen LogP contribution in [0.1, 0.15) is 25.8 Å². The van der Waals surface area contributed by atoms with E-state index in [1.165, 1.54) is 5.56 Å². The Bertz CT molecular complexity index is 564. The van der Waals surface area contributed by atoms with Gasteiger partial charge in [0, 0.05) is 23.7 Å². The minimum Gasteiger partial charge on any atom is -0.399 e. The molecule has 112 valence electrons. The minimum atomic E-state index is -2.82. The van der Waals surface area contributed by atoms with Crippen LogP contribution >= 0.6 is 0 Å². The van der Waals surface area contributed by atoms with Gasteiger partial charge in [0.25, 0.3) is 0 Å². The summed E-state index contributed by atoms with van der Waals surface area (Å²) in [5, 5.41) is 0. The van der Waals surface area contributed by atoms with Crippen molar-refractivity contribution < 1.29 is 8.42 Å². The molecule has 2 N–H and O–H groups in total. The first-order chi connectivity index (χ1) is 9.20. The van der Waals surface area contributed by atoms with E-state index in [1.54, 1.807) is 0 Å². The number of nitrogen functional groups attached to an aromatic ring is 1. The highest BCUT2D eigenvalue weighted by atomic mass is 32.2. The summed E-state index contributed by atoms with van der Waals surface area (Å²) in [6, 6.07) is 8.07. The molecule has 1 atom stereocenters. The molecule has 1 aromatic rings. The van der Waals surface area contributed by atoms with Gasteiger partial charge in [-0.3, -0.25) is 0 Å².